The van der Waals surface area contributed by atoms with Gasteiger partial charge in [0.2, 0.25) is 17.8 Å². The van der Waals surface area contributed by atoms with E-state index in [1.807, 2.05) is 29.7 Å². The Hall–Kier alpha value is -2.29. The van der Waals surface area contributed by atoms with Gasteiger partial charge in [-0.25, -0.2) is 4.98 Å². The molecule has 1 aromatic heterocycles. The molecule has 0 radical (unpaired) electrons. The Kier molecular flexibility index (Phi) is 7.16. The average molecular weight is 512 g/mol. The SMILES string of the molecule is C[C@@H]1CN(c2ncc(Cl)c(N[C@H](C)c3ccc(Cl)cc3Cl)n2)CCN1C(=O)[C@H]1CCC(=O)N1. The third-order valence-corrected chi connectivity index (χ3v) is 6.84. The van der Waals surface area contributed by atoms with Gasteiger partial charge in [0.05, 0.1) is 12.2 Å². The topological polar surface area (TPSA) is 90.5 Å². The van der Waals surface area contributed by atoms with Crippen LogP contribution in [0.4, 0.5) is 11.8 Å². The van der Waals surface area contributed by atoms with Crippen LogP contribution in [-0.4, -0.2) is 58.4 Å². The van der Waals surface area contributed by atoms with Crippen LogP contribution in [0.15, 0.2) is 24.4 Å². The number of nitrogens with zero attached hydrogens (tertiary/aromatic N) is 4. The molecular formula is C22H25Cl3N6O2. The number of anilines is 2. The quantitative estimate of drug-likeness (QED) is 0.632. The molecule has 0 aliphatic carbocycles. The number of carbonyl (C=O) groups is 2. The van der Waals surface area contributed by atoms with Gasteiger partial charge in [0.15, 0.2) is 5.82 Å². The van der Waals surface area contributed by atoms with Crippen molar-refractivity contribution >= 4 is 58.4 Å². The molecule has 2 N–H and O–H groups in total. The van der Waals surface area contributed by atoms with E-state index in [-0.39, 0.29) is 23.9 Å². The number of rotatable bonds is 5. The largest absolute Gasteiger partial charge is 0.362 e. The molecule has 1 aromatic carbocycles. The van der Waals surface area contributed by atoms with Crippen molar-refractivity contribution in [2.24, 2.45) is 0 Å². The summed E-state index contributed by atoms with van der Waals surface area (Å²) in [5.41, 5.74) is 0.872. The van der Waals surface area contributed by atoms with Gasteiger partial charge in [0, 0.05) is 42.1 Å². The van der Waals surface area contributed by atoms with E-state index in [0.717, 1.165) is 5.56 Å². The molecule has 11 heteroatoms. The molecular weight excluding hydrogens is 487 g/mol. The number of hydrogen-bond acceptors (Lipinski definition) is 6. The predicted octanol–water partition coefficient (Wildman–Crippen LogP) is 3.93. The molecule has 2 amide bonds. The number of amides is 2. The number of aromatic nitrogens is 2. The lowest BCUT2D eigenvalue weighted by molar-refractivity contribution is -0.136. The van der Waals surface area contributed by atoms with Gasteiger partial charge >= 0.3 is 0 Å². The summed E-state index contributed by atoms with van der Waals surface area (Å²) in [5, 5.41) is 7.59. The summed E-state index contributed by atoms with van der Waals surface area (Å²) in [6, 6.07) is 4.71. The van der Waals surface area contributed by atoms with Gasteiger partial charge in [-0.05, 0) is 38.0 Å². The smallest absolute Gasteiger partial charge is 0.245 e. The number of nitrogens with one attached hydrogen (secondary N) is 2. The van der Waals surface area contributed by atoms with Crippen molar-refractivity contribution in [3.63, 3.8) is 0 Å². The predicted molar refractivity (Wildman–Crippen MR) is 130 cm³/mol. The van der Waals surface area contributed by atoms with E-state index in [2.05, 4.69) is 20.6 Å². The van der Waals surface area contributed by atoms with Gasteiger partial charge in [-0.3, -0.25) is 9.59 Å². The monoisotopic (exact) mass is 510 g/mol. The van der Waals surface area contributed by atoms with E-state index in [0.29, 0.717) is 59.3 Å². The number of carbonyl (C=O) groups excluding carboxylic acids is 2. The van der Waals surface area contributed by atoms with Crippen molar-refractivity contribution < 1.29 is 9.59 Å². The van der Waals surface area contributed by atoms with Crippen LogP contribution < -0.4 is 15.5 Å². The summed E-state index contributed by atoms with van der Waals surface area (Å²) in [7, 11) is 0. The molecule has 176 valence electrons. The lowest BCUT2D eigenvalue weighted by Gasteiger charge is -2.40. The van der Waals surface area contributed by atoms with Crippen LogP contribution >= 0.6 is 34.8 Å². The highest BCUT2D eigenvalue weighted by molar-refractivity contribution is 6.35. The molecule has 2 aliphatic heterocycles. The Balaban J connectivity index is 1.44. The fraction of sp³-hybridized carbons (Fsp3) is 0.455. The van der Waals surface area contributed by atoms with E-state index in [1.165, 1.54) is 0 Å². The highest BCUT2D eigenvalue weighted by Gasteiger charge is 2.35. The number of benzene rings is 1. The number of halogens is 3. The lowest BCUT2D eigenvalue weighted by atomic mass is 10.1. The highest BCUT2D eigenvalue weighted by Crippen LogP contribution is 2.31. The normalized spacial score (nSPS) is 21.7. The zero-order chi connectivity index (χ0) is 23.7. The van der Waals surface area contributed by atoms with Crippen LogP contribution in [-0.2, 0) is 9.59 Å². The highest BCUT2D eigenvalue weighted by atomic mass is 35.5. The van der Waals surface area contributed by atoms with E-state index < -0.39 is 6.04 Å². The standard InChI is InChI=1S/C22H25Cl3N6O2/c1-12-11-30(7-8-31(12)21(33)18-5-6-19(32)28-18)22-26-10-17(25)20(29-22)27-13(2)15-4-3-14(23)9-16(15)24/h3-4,9-10,12-13,18H,5-8,11H2,1-2H3,(H,28,32)(H,26,27,29)/t12-,13-,18-/m1/s1. The molecule has 8 nitrogen and oxygen atoms in total. The third kappa shape index (κ3) is 5.28. The molecule has 2 saturated heterocycles. The minimum absolute atomic E-state index is 0.0268. The van der Waals surface area contributed by atoms with Crippen molar-refractivity contribution in [2.75, 3.05) is 29.9 Å². The first-order valence-corrected chi connectivity index (χ1v) is 11.9. The Morgan fingerprint density at radius 2 is 2.03 bits per heavy atom. The first-order valence-electron chi connectivity index (χ1n) is 10.8. The third-order valence-electron chi connectivity index (χ3n) is 6.00. The zero-order valence-corrected chi connectivity index (χ0v) is 20.6. The van der Waals surface area contributed by atoms with Crippen LogP contribution in [0.5, 0.6) is 0 Å². The summed E-state index contributed by atoms with van der Waals surface area (Å²) < 4.78 is 0. The summed E-state index contributed by atoms with van der Waals surface area (Å²) >= 11 is 18.7. The van der Waals surface area contributed by atoms with E-state index >= 15 is 0 Å². The fourth-order valence-electron chi connectivity index (χ4n) is 4.21. The van der Waals surface area contributed by atoms with Crippen molar-refractivity contribution in [3.8, 4) is 0 Å². The Morgan fingerprint density at radius 1 is 1.24 bits per heavy atom. The van der Waals surface area contributed by atoms with Crippen molar-refractivity contribution in [3.05, 3.63) is 45.0 Å². The minimum atomic E-state index is -0.421. The molecule has 0 bridgehead atoms. The van der Waals surface area contributed by atoms with Crippen molar-refractivity contribution in [1.82, 2.24) is 20.2 Å². The molecule has 33 heavy (non-hydrogen) atoms. The maximum atomic E-state index is 12.8. The Bertz CT molecular complexity index is 1070. The maximum absolute atomic E-state index is 12.8. The van der Waals surface area contributed by atoms with Crippen LogP contribution in [0.1, 0.15) is 38.3 Å². The fourth-order valence-corrected chi connectivity index (χ4v) is 4.93. The summed E-state index contributed by atoms with van der Waals surface area (Å²) in [5.74, 6) is 0.939. The van der Waals surface area contributed by atoms with Crippen LogP contribution in [0.2, 0.25) is 15.1 Å². The number of hydrogen-bond donors (Lipinski definition) is 2. The molecule has 4 rings (SSSR count). The summed E-state index contributed by atoms with van der Waals surface area (Å²) in [4.78, 5) is 37.2. The van der Waals surface area contributed by atoms with E-state index in [4.69, 9.17) is 34.8 Å². The van der Waals surface area contributed by atoms with Gasteiger partial charge in [-0.15, -0.1) is 0 Å². The van der Waals surface area contributed by atoms with E-state index in [1.54, 1.807) is 18.3 Å². The minimum Gasteiger partial charge on any atom is -0.362 e. The first-order chi connectivity index (χ1) is 15.7. The molecule has 2 aromatic rings. The van der Waals surface area contributed by atoms with E-state index in [9.17, 15) is 9.59 Å². The molecule has 0 saturated carbocycles. The van der Waals surface area contributed by atoms with Crippen LogP contribution in [0.3, 0.4) is 0 Å². The molecule has 0 unspecified atom stereocenters. The first kappa shape index (κ1) is 23.9. The van der Waals surface area contributed by atoms with Crippen molar-refractivity contribution in [1.29, 1.82) is 0 Å². The molecule has 3 heterocycles. The second-order valence-electron chi connectivity index (χ2n) is 8.38. The van der Waals surface area contributed by atoms with Gasteiger partial charge in [0.1, 0.15) is 11.1 Å². The maximum Gasteiger partial charge on any atom is 0.245 e. The Labute approximate surface area is 207 Å². The zero-order valence-electron chi connectivity index (χ0n) is 18.3. The molecule has 2 aliphatic rings. The van der Waals surface area contributed by atoms with Crippen LogP contribution in [0, 0.1) is 0 Å². The molecule has 3 atom stereocenters. The van der Waals surface area contributed by atoms with Gasteiger partial charge in [0.25, 0.3) is 0 Å². The second kappa shape index (κ2) is 9.91. The molecule has 0 spiro atoms. The lowest BCUT2D eigenvalue weighted by Crippen LogP contribution is -2.58. The summed E-state index contributed by atoms with van der Waals surface area (Å²) in [6.07, 6.45) is 2.52. The summed E-state index contributed by atoms with van der Waals surface area (Å²) in [6.45, 7) is 5.63. The van der Waals surface area contributed by atoms with Crippen molar-refractivity contribution in [2.45, 2.75) is 44.8 Å². The van der Waals surface area contributed by atoms with Crippen LogP contribution in [0.25, 0.3) is 0 Å². The Morgan fingerprint density at radius 3 is 2.70 bits per heavy atom. The second-order valence-corrected chi connectivity index (χ2v) is 9.63. The average Bonchev–Trinajstić information content (AvgIpc) is 3.21. The molecule has 2 fully saturated rings. The van der Waals surface area contributed by atoms with Gasteiger partial charge < -0.3 is 20.4 Å². The van der Waals surface area contributed by atoms with Gasteiger partial charge in [-0.1, -0.05) is 40.9 Å². The number of piperazine rings is 1. The van der Waals surface area contributed by atoms with Gasteiger partial charge in [-0.2, -0.15) is 4.98 Å².